The molecular weight excluding hydrogens is 427 g/mol. The molecule has 172 valence electrons. The third-order valence-corrected chi connectivity index (χ3v) is 5.36. The fourth-order valence-corrected chi connectivity index (χ4v) is 3.69. The summed E-state index contributed by atoms with van der Waals surface area (Å²) in [5.74, 6) is -0.433. The maximum Gasteiger partial charge on any atom is 0.363 e. The molecule has 2 heterocycles. The lowest BCUT2D eigenvalue weighted by molar-refractivity contribution is -0.134. The minimum absolute atomic E-state index is 0.0460. The van der Waals surface area contributed by atoms with Gasteiger partial charge in [0.2, 0.25) is 5.90 Å². The van der Waals surface area contributed by atoms with Crippen LogP contribution in [-0.4, -0.2) is 49.0 Å². The largest absolute Gasteiger partial charge is 0.490 e. The van der Waals surface area contributed by atoms with Crippen LogP contribution in [0.4, 0.5) is 4.39 Å². The van der Waals surface area contributed by atoms with Gasteiger partial charge in [-0.1, -0.05) is 18.2 Å². The second kappa shape index (κ2) is 10.3. The zero-order valence-electron chi connectivity index (χ0n) is 18.4. The Balaban J connectivity index is 1.51. The molecule has 7 nitrogen and oxygen atoms in total. The van der Waals surface area contributed by atoms with E-state index in [1.54, 1.807) is 30.3 Å². The molecule has 1 amide bonds. The molecule has 8 heteroatoms. The van der Waals surface area contributed by atoms with Gasteiger partial charge in [-0.2, -0.15) is 0 Å². The second-order valence-corrected chi connectivity index (χ2v) is 7.69. The van der Waals surface area contributed by atoms with E-state index in [0.717, 1.165) is 32.4 Å². The maximum atomic E-state index is 14.0. The summed E-state index contributed by atoms with van der Waals surface area (Å²) >= 11 is 0. The fourth-order valence-electron chi connectivity index (χ4n) is 3.69. The summed E-state index contributed by atoms with van der Waals surface area (Å²) in [6.07, 6.45) is 4.71. The van der Waals surface area contributed by atoms with E-state index in [1.807, 2.05) is 11.8 Å². The number of likely N-dealkylation sites (tertiary alicyclic amines) is 1. The average molecular weight is 452 g/mol. The average Bonchev–Trinajstić information content (AvgIpc) is 3.19. The lowest BCUT2D eigenvalue weighted by Gasteiger charge is -2.26. The van der Waals surface area contributed by atoms with Gasteiger partial charge in [0.15, 0.2) is 23.8 Å². The van der Waals surface area contributed by atoms with Crippen molar-refractivity contribution in [1.82, 2.24) is 4.90 Å². The normalized spacial score (nSPS) is 17.0. The van der Waals surface area contributed by atoms with Crippen LogP contribution in [0.3, 0.4) is 0 Å². The Morgan fingerprint density at radius 2 is 1.91 bits per heavy atom. The molecular formula is C25H25FN2O5. The minimum Gasteiger partial charge on any atom is -0.490 e. The maximum absolute atomic E-state index is 14.0. The van der Waals surface area contributed by atoms with Crippen molar-refractivity contribution >= 4 is 23.9 Å². The molecule has 0 N–H and O–H groups in total. The van der Waals surface area contributed by atoms with Crippen molar-refractivity contribution in [2.45, 2.75) is 26.2 Å². The third kappa shape index (κ3) is 5.39. The number of nitrogens with zero attached hydrogens (tertiary/aromatic N) is 2. The predicted octanol–water partition coefficient (Wildman–Crippen LogP) is 3.96. The molecule has 0 saturated carbocycles. The van der Waals surface area contributed by atoms with Crippen molar-refractivity contribution < 1.29 is 28.2 Å². The molecule has 33 heavy (non-hydrogen) atoms. The number of amides is 1. The Kier molecular flexibility index (Phi) is 7.02. The number of piperidine rings is 1. The van der Waals surface area contributed by atoms with Gasteiger partial charge < -0.3 is 19.1 Å². The quantitative estimate of drug-likeness (QED) is 0.470. The van der Waals surface area contributed by atoms with Gasteiger partial charge in [0.1, 0.15) is 5.82 Å². The number of carbonyl (C=O) groups is 2. The van der Waals surface area contributed by atoms with E-state index in [0.29, 0.717) is 23.7 Å². The highest BCUT2D eigenvalue weighted by Gasteiger charge is 2.26. The van der Waals surface area contributed by atoms with Crippen LogP contribution in [0.25, 0.3) is 6.08 Å². The minimum atomic E-state index is -0.668. The van der Waals surface area contributed by atoms with Crippen LogP contribution in [-0.2, 0) is 14.3 Å². The predicted molar refractivity (Wildman–Crippen MR) is 121 cm³/mol. The Morgan fingerprint density at radius 1 is 1.12 bits per heavy atom. The summed E-state index contributed by atoms with van der Waals surface area (Å²) in [6.45, 7) is 3.70. The van der Waals surface area contributed by atoms with Crippen LogP contribution in [0.5, 0.6) is 11.5 Å². The molecule has 4 rings (SSSR count). The van der Waals surface area contributed by atoms with Crippen molar-refractivity contribution in [2.24, 2.45) is 4.99 Å². The lowest BCUT2D eigenvalue weighted by atomic mass is 10.1. The highest BCUT2D eigenvalue weighted by molar-refractivity contribution is 6.12. The Labute approximate surface area is 191 Å². The number of aliphatic imine (C=N–C) groups is 1. The van der Waals surface area contributed by atoms with Crippen molar-refractivity contribution in [3.63, 3.8) is 0 Å². The molecule has 0 radical (unpaired) electrons. The molecule has 0 spiro atoms. The summed E-state index contributed by atoms with van der Waals surface area (Å²) in [4.78, 5) is 30.6. The number of carbonyl (C=O) groups excluding carboxylic acids is 2. The number of esters is 1. The first-order chi connectivity index (χ1) is 16.0. The van der Waals surface area contributed by atoms with Gasteiger partial charge in [0.25, 0.3) is 5.91 Å². The zero-order valence-corrected chi connectivity index (χ0v) is 18.4. The van der Waals surface area contributed by atoms with Crippen molar-refractivity contribution in [3.8, 4) is 11.5 Å². The van der Waals surface area contributed by atoms with Gasteiger partial charge in [-0.3, -0.25) is 4.79 Å². The lowest BCUT2D eigenvalue weighted by Crippen LogP contribution is -2.38. The molecule has 1 saturated heterocycles. The Morgan fingerprint density at radius 3 is 2.67 bits per heavy atom. The van der Waals surface area contributed by atoms with Crippen LogP contribution >= 0.6 is 0 Å². The molecule has 0 aliphatic carbocycles. The van der Waals surface area contributed by atoms with Crippen molar-refractivity contribution in [1.29, 1.82) is 0 Å². The Hall–Kier alpha value is -3.68. The van der Waals surface area contributed by atoms with E-state index in [-0.39, 0.29) is 29.7 Å². The molecule has 2 aliphatic rings. The topological polar surface area (TPSA) is 77.4 Å². The number of benzene rings is 2. The molecule has 0 aromatic heterocycles. The number of hydrogen-bond donors (Lipinski definition) is 0. The Bertz CT molecular complexity index is 1110. The number of cyclic esters (lactones) is 1. The van der Waals surface area contributed by atoms with Gasteiger partial charge >= 0.3 is 5.97 Å². The molecule has 1 fully saturated rings. The SMILES string of the molecule is CCOc1cc(/C=C2\N=C(c3ccccc3F)OC2=O)ccc1OCC(=O)N1CCCCC1. The van der Waals surface area contributed by atoms with Gasteiger partial charge in [-0.25, -0.2) is 14.2 Å². The molecule has 0 atom stereocenters. The van der Waals surface area contributed by atoms with E-state index >= 15 is 0 Å². The number of rotatable bonds is 7. The summed E-state index contributed by atoms with van der Waals surface area (Å²) in [6, 6.07) is 11.1. The highest BCUT2D eigenvalue weighted by Crippen LogP contribution is 2.30. The third-order valence-electron chi connectivity index (χ3n) is 5.36. The molecule has 0 unspecified atom stereocenters. The van der Waals surface area contributed by atoms with E-state index < -0.39 is 11.8 Å². The molecule has 0 bridgehead atoms. The summed E-state index contributed by atoms with van der Waals surface area (Å²) < 4.78 is 30.6. The number of ether oxygens (including phenoxy) is 3. The zero-order chi connectivity index (χ0) is 23.2. The smallest absolute Gasteiger partial charge is 0.363 e. The van der Waals surface area contributed by atoms with Crippen LogP contribution in [0.15, 0.2) is 53.2 Å². The first-order valence-electron chi connectivity index (χ1n) is 11.0. The summed E-state index contributed by atoms with van der Waals surface area (Å²) in [5, 5.41) is 0. The van der Waals surface area contributed by atoms with Crippen molar-refractivity contribution in [2.75, 3.05) is 26.3 Å². The van der Waals surface area contributed by atoms with E-state index in [2.05, 4.69) is 4.99 Å². The van der Waals surface area contributed by atoms with E-state index in [1.165, 1.54) is 18.2 Å². The summed E-state index contributed by atoms with van der Waals surface area (Å²) in [5.41, 5.74) is 0.787. The second-order valence-electron chi connectivity index (χ2n) is 7.69. The van der Waals surface area contributed by atoms with Gasteiger partial charge in [-0.15, -0.1) is 0 Å². The fraction of sp³-hybridized carbons (Fsp3) is 0.320. The standard InChI is InChI=1S/C25H25FN2O5/c1-2-31-22-15-17(10-11-21(22)32-16-23(29)28-12-6-3-7-13-28)14-20-25(30)33-24(27-20)18-8-4-5-9-19(18)26/h4-5,8-11,14-15H,2-3,6-7,12-13,16H2,1H3/b20-14-. The van der Waals surface area contributed by atoms with Gasteiger partial charge in [-0.05, 0) is 62.1 Å². The van der Waals surface area contributed by atoms with Crippen LogP contribution in [0.2, 0.25) is 0 Å². The number of halogens is 1. The summed E-state index contributed by atoms with van der Waals surface area (Å²) in [7, 11) is 0. The van der Waals surface area contributed by atoms with Crippen LogP contribution in [0.1, 0.15) is 37.3 Å². The van der Waals surface area contributed by atoms with E-state index in [4.69, 9.17) is 14.2 Å². The van der Waals surface area contributed by atoms with Crippen LogP contribution < -0.4 is 9.47 Å². The van der Waals surface area contributed by atoms with E-state index in [9.17, 15) is 14.0 Å². The first-order valence-corrected chi connectivity index (χ1v) is 11.0. The molecule has 2 aromatic carbocycles. The van der Waals surface area contributed by atoms with Gasteiger partial charge in [0.05, 0.1) is 12.2 Å². The highest BCUT2D eigenvalue weighted by atomic mass is 19.1. The van der Waals surface area contributed by atoms with Gasteiger partial charge in [0, 0.05) is 13.1 Å². The van der Waals surface area contributed by atoms with Crippen molar-refractivity contribution in [3.05, 3.63) is 65.1 Å². The monoisotopic (exact) mass is 452 g/mol. The molecule has 2 aromatic rings. The first kappa shape index (κ1) is 22.5. The molecule has 2 aliphatic heterocycles. The van der Waals surface area contributed by atoms with Crippen LogP contribution in [0, 0.1) is 5.82 Å². The number of hydrogen-bond acceptors (Lipinski definition) is 6.